The molecule has 0 aromatic carbocycles. The van der Waals surface area contributed by atoms with Gasteiger partial charge in [-0.3, -0.25) is 14.8 Å². The molecule has 1 aliphatic heterocycles. The Hall–Kier alpha value is -2.94. The van der Waals surface area contributed by atoms with E-state index < -0.39 is 36.3 Å². The van der Waals surface area contributed by atoms with Gasteiger partial charge in [0.1, 0.15) is 17.8 Å². The van der Waals surface area contributed by atoms with E-state index >= 15 is 0 Å². The number of hydrogen-bond donors (Lipinski definition) is 4. The van der Waals surface area contributed by atoms with Crippen molar-refractivity contribution in [2.45, 2.75) is 69.3 Å². The van der Waals surface area contributed by atoms with E-state index in [2.05, 4.69) is 45.1 Å². The predicted molar refractivity (Wildman–Crippen MR) is 133 cm³/mol. The minimum Gasteiger partial charge on any atom is -0.384 e. The number of urea groups is 1. The zero-order valence-electron chi connectivity index (χ0n) is 20.5. The van der Waals surface area contributed by atoms with Crippen LogP contribution < -0.4 is 5.32 Å². The van der Waals surface area contributed by atoms with E-state index in [1.54, 1.807) is 0 Å². The van der Waals surface area contributed by atoms with Gasteiger partial charge in [0.25, 0.3) is 6.43 Å². The molecule has 38 heavy (non-hydrogen) atoms. The van der Waals surface area contributed by atoms with E-state index in [1.165, 1.54) is 36.0 Å². The SMILES string of the molecule is CCCS.O=C(Nc1cn[nH]c1-c1cc2c(cn1)cnn2CC(F)(F)F)N1CCC(O)(C(F)F)CC12CC2. The molecule has 1 spiro atoms. The standard InChI is InChI=1S/C20H20F5N7O2.C3H8S/c21-16(22)19(34)3-4-31(18(9-19)1-2-18)17(33)29-13-8-27-30-15(13)12-5-14-11(6-26-12)7-28-32(14)10-20(23,24)25;1-2-3-4/h5-8,16,34H,1-4,9-10H2,(H,27,30)(H,29,33);4H,2-3H2,1H3. The lowest BCUT2D eigenvalue weighted by atomic mass is 9.85. The highest BCUT2D eigenvalue weighted by molar-refractivity contribution is 7.80. The average Bonchev–Trinajstić information content (AvgIpc) is 3.26. The minimum absolute atomic E-state index is 0.0410. The fourth-order valence-electron chi connectivity index (χ4n) is 4.55. The summed E-state index contributed by atoms with van der Waals surface area (Å²) in [7, 11) is 0. The van der Waals surface area contributed by atoms with Gasteiger partial charge in [0, 0.05) is 30.1 Å². The fraction of sp³-hybridized carbons (Fsp3) is 0.565. The summed E-state index contributed by atoms with van der Waals surface area (Å²) in [5, 5.41) is 23.7. The van der Waals surface area contributed by atoms with Crippen molar-refractivity contribution in [1.82, 2.24) is 29.9 Å². The lowest BCUT2D eigenvalue weighted by molar-refractivity contribution is -0.141. The Balaban J connectivity index is 0.000000786. The normalized spacial score (nSPS) is 20.5. The van der Waals surface area contributed by atoms with Crippen molar-refractivity contribution in [1.29, 1.82) is 0 Å². The van der Waals surface area contributed by atoms with Crippen molar-refractivity contribution in [3.8, 4) is 11.4 Å². The number of amides is 2. The van der Waals surface area contributed by atoms with Crippen LogP contribution in [0.1, 0.15) is 39.0 Å². The Labute approximate surface area is 220 Å². The monoisotopic (exact) mass is 561 g/mol. The van der Waals surface area contributed by atoms with Crippen LogP contribution in [0.25, 0.3) is 22.3 Å². The molecular weight excluding hydrogens is 533 g/mol. The average molecular weight is 562 g/mol. The summed E-state index contributed by atoms with van der Waals surface area (Å²) in [6.07, 6.45) is -1.64. The molecule has 3 N–H and O–H groups in total. The molecule has 4 heterocycles. The zero-order chi connectivity index (χ0) is 27.7. The Morgan fingerprint density at radius 3 is 2.58 bits per heavy atom. The molecule has 1 atom stereocenters. The van der Waals surface area contributed by atoms with Gasteiger partial charge in [0.05, 0.1) is 29.3 Å². The van der Waals surface area contributed by atoms with Gasteiger partial charge in [-0.1, -0.05) is 6.92 Å². The highest BCUT2D eigenvalue weighted by Gasteiger charge is 2.60. The summed E-state index contributed by atoms with van der Waals surface area (Å²) in [4.78, 5) is 18.7. The van der Waals surface area contributed by atoms with Crippen LogP contribution in [0.2, 0.25) is 0 Å². The molecule has 3 aromatic heterocycles. The lowest BCUT2D eigenvalue weighted by Crippen LogP contribution is -2.57. The lowest BCUT2D eigenvalue weighted by Gasteiger charge is -2.44. The molecule has 1 aliphatic carbocycles. The van der Waals surface area contributed by atoms with E-state index in [9.17, 15) is 31.9 Å². The number of hydrogen-bond acceptors (Lipinski definition) is 6. The number of fused-ring (bicyclic) bond motifs is 1. The van der Waals surface area contributed by atoms with Crippen molar-refractivity contribution < 1.29 is 31.9 Å². The van der Waals surface area contributed by atoms with E-state index in [1.807, 2.05) is 0 Å². The summed E-state index contributed by atoms with van der Waals surface area (Å²) in [6, 6.07) is 0.864. The maximum atomic E-state index is 13.3. The molecule has 2 aliphatic rings. The number of halogens is 5. The number of anilines is 1. The Morgan fingerprint density at radius 2 is 1.97 bits per heavy atom. The Morgan fingerprint density at radius 1 is 1.26 bits per heavy atom. The summed E-state index contributed by atoms with van der Waals surface area (Å²) in [6.45, 7) is 0.794. The molecule has 1 unspecified atom stereocenters. The molecule has 9 nitrogen and oxygen atoms in total. The first-order valence-corrected chi connectivity index (χ1v) is 12.7. The van der Waals surface area contributed by atoms with Gasteiger partial charge in [-0.05, 0) is 37.5 Å². The van der Waals surface area contributed by atoms with Crippen molar-refractivity contribution >= 4 is 35.3 Å². The van der Waals surface area contributed by atoms with E-state index in [4.69, 9.17) is 0 Å². The molecule has 0 bridgehead atoms. The maximum Gasteiger partial charge on any atom is 0.408 e. The summed E-state index contributed by atoms with van der Waals surface area (Å²) < 4.78 is 66.0. The number of pyridine rings is 1. The summed E-state index contributed by atoms with van der Waals surface area (Å²) in [5.74, 6) is 1.01. The second kappa shape index (κ2) is 10.7. The van der Waals surface area contributed by atoms with Gasteiger partial charge < -0.3 is 15.3 Å². The molecule has 0 radical (unpaired) electrons. The zero-order valence-corrected chi connectivity index (χ0v) is 21.4. The number of alkyl halides is 5. The molecule has 5 rings (SSSR count). The molecular formula is C23H28F5N7O2S. The molecule has 1 saturated heterocycles. The number of likely N-dealkylation sites (tertiary alicyclic amines) is 1. The topological polar surface area (TPSA) is 112 Å². The van der Waals surface area contributed by atoms with Gasteiger partial charge in [-0.2, -0.15) is 36.0 Å². The third-order valence-electron chi connectivity index (χ3n) is 6.67. The van der Waals surface area contributed by atoms with Crippen LogP contribution in [0.3, 0.4) is 0 Å². The van der Waals surface area contributed by atoms with Crippen molar-refractivity contribution in [2.24, 2.45) is 0 Å². The Kier molecular flexibility index (Phi) is 7.89. The predicted octanol–water partition coefficient (Wildman–Crippen LogP) is 4.87. The van der Waals surface area contributed by atoms with Gasteiger partial charge in [-0.25, -0.2) is 13.6 Å². The quantitative estimate of drug-likeness (QED) is 0.263. The number of carbonyl (C=O) groups excluding carboxylic acids is 1. The number of rotatable bonds is 5. The maximum absolute atomic E-state index is 13.3. The molecule has 3 aromatic rings. The van der Waals surface area contributed by atoms with E-state index in [0.717, 1.165) is 10.4 Å². The number of aliphatic hydroxyl groups is 1. The molecule has 2 fully saturated rings. The minimum atomic E-state index is -4.46. The summed E-state index contributed by atoms with van der Waals surface area (Å²) >= 11 is 3.92. The number of piperidine rings is 1. The largest absolute Gasteiger partial charge is 0.408 e. The third kappa shape index (κ3) is 5.87. The number of aromatic nitrogens is 5. The van der Waals surface area contributed by atoms with Crippen LogP contribution >= 0.6 is 12.6 Å². The first-order valence-electron chi connectivity index (χ1n) is 12.0. The van der Waals surface area contributed by atoms with Crippen molar-refractivity contribution in [2.75, 3.05) is 17.6 Å². The van der Waals surface area contributed by atoms with Crippen LogP contribution in [-0.4, -0.2) is 77.0 Å². The van der Waals surface area contributed by atoms with E-state index in [0.29, 0.717) is 18.2 Å². The van der Waals surface area contributed by atoms with Crippen LogP contribution in [0.15, 0.2) is 24.7 Å². The highest BCUT2D eigenvalue weighted by atomic mass is 32.1. The van der Waals surface area contributed by atoms with Gasteiger partial charge in [0.2, 0.25) is 0 Å². The number of nitrogens with zero attached hydrogens (tertiary/aromatic N) is 5. The van der Waals surface area contributed by atoms with Gasteiger partial charge in [-0.15, -0.1) is 0 Å². The third-order valence-corrected chi connectivity index (χ3v) is 7.12. The van der Waals surface area contributed by atoms with Crippen LogP contribution in [0.4, 0.5) is 32.4 Å². The second-order valence-corrected chi connectivity index (χ2v) is 10.0. The first-order chi connectivity index (χ1) is 17.9. The highest BCUT2D eigenvalue weighted by Crippen LogP contribution is 2.52. The number of aromatic amines is 1. The summed E-state index contributed by atoms with van der Waals surface area (Å²) in [5.41, 5.74) is -2.01. The van der Waals surface area contributed by atoms with Crippen LogP contribution in [0, 0.1) is 0 Å². The molecule has 2 amide bonds. The fourth-order valence-corrected chi connectivity index (χ4v) is 4.55. The second-order valence-electron chi connectivity index (χ2n) is 9.57. The Bertz CT molecular complexity index is 1270. The number of nitrogens with one attached hydrogen (secondary N) is 2. The molecule has 15 heteroatoms. The van der Waals surface area contributed by atoms with Gasteiger partial charge >= 0.3 is 12.2 Å². The number of H-pyrrole nitrogens is 1. The van der Waals surface area contributed by atoms with Crippen LogP contribution in [0.5, 0.6) is 0 Å². The molecule has 208 valence electrons. The van der Waals surface area contributed by atoms with Crippen LogP contribution in [-0.2, 0) is 6.54 Å². The van der Waals surface area contributed by atoms with E-state index in [-0.39, 0.29) is 42.0 Å². The van der Waals surface area contributed by atoms with Crippen molar-refractivity contribution in [3.63, 3.8) is 0 Å². The smallest absolute Gasteiger partial charge is 0.384 e. The molecule has 1 saturated carbocycles. The number of carbonyl (C=O) groups is 1. The van der Waals surface area contributed by atoms with Crippen molar-refractivity contribution in [3.05, 3.63) is 24.7 Å². The number of thiol groups is 1. The first kappa shape index (κ1) is 28.1. The van der Waals surface area contributed by atoms with Gasteiger partial charge in [0.15, 0.2) is 0 Å².